The number of fused-ring (bicyclic) bond motifs is 1. The summed E-state index contributed by atoms with van der Waals surface area (Å²) in [7, 11) is 0. The Kier molecular flexibility index (Phi) is 2.94. The van der Waals surface area contributed by atoms with Gasteiger partial charge in [-0.2, -0.15) is 0 Å². The molecule has 1 heterocycles. The first-order valence-electron chi connectivity index (χ1n) is 6.89. The summed E-state index contributed by atoms with van der Waals surface area (Å²) in [5, 5.41) is 0. The van der Waals surface area contributed by atoms with Gasteiger partial charge in [0.05, 0.1) is 0 Å². The summed E-state index contributed by atoms with van der Waals surface area (Å²) in [6.07, 6.45) is 5.91. The predicted octanol–water partition coefficient (Wildman–Crippen LogP) is 2.88. The fourth-order valence-corrected chi connectivity index (χ4v) is 3.09. The van der Waals surface area contributed by atoms with Crippen LogP contribution in [0, 0.1) is 6.92 Å². The summed E-state index contributed by atoms with van der Waals surface area (Å²) in [6.45, 7) is 3.34. The number of rotatable bonds is 1. The highest BCUT2D eigenvalue weighted by atomic mass is 16.6. The van der Waals surface area contributed by atoms with Gasteiger partial charge < -0.3 is 15.2 Å². The van der Waals surface area contributed by atoms with Crippen molar-refractivity contribution in [2.75, 3.05) is 13.2 Å². The van der Waals surface area contributed by atoms with E-state index in [0.717, 1.165) is 29.9 Å². The standard InChI is InChI=1S/C15H21NO2/c1-11-9-12(15(16)5-3-2-4-6-15)10-13-14(11)18-8-7-17-13/h9-10H,2-8,16H2,1H3. The average molecular weight is 247 g/mol. The predicted molar refractivity (Wildman–Crippen MR) is 71.1 cm³/mol. The first kappa shape index (κ1) is 11.8. The maximum atomic E-state index is 6.59. The lowest BCUT2D eigenvalue weighted by Crippen LogP contribution is -2.38. The van der Waals surface area contributed by atoms with E-state index < -0.39 is 0 Å². The zero-order chi connectivity index (χ0) is 12.6. The van der Waals surface area contributed by atoms with Crippen LogP contribution in [-0.2, 0) is 5.54 Å². The molecule has 98 valence electrons. The normalized spacial score (nSPS) is 21.7. The van der Waals surface area contributed by atoms with Gasteiger partial charge in [0, 0.05) is 5.54 Å². The van der Waals surface area contributed by atoms with Crippen molar-refractivity contribution < 1.29 is 9.47 Å². The Balaban J connectivity index is 1.99. The molecule has 1 aliphatic carbocycles. The van der Waals surface area contributed by atoms with Crippen molar-refractivity contribution in [2.24, 2.45) is 5.73 Å². The molecule has 1 aromatic rings. The SMILES string of the molecule is Cc1cc(C2(N)CCCCC2)cc2c1OCCO2. The molecule has 0 amide bonds. The maximum absolute atomic E-state index is 6.59. The Labute approximate surface area is 108 Å². The van der Waals surface area contributed by atoms with Crippen molar-refractivity contribution in [3.05, 3.63) is 23.3 Å². The fraction of sp³-hybridized carbons (Fsp3) is 0.600. The van der Waals surface area contributed by atoms with E-state index in [1.807, 2.05) is 0 Å². The number of aryl methyl sites for hydroxylation is 1. The second kappa shape index (κ2) is 4.47. The zero-order valence-electron chi connectivity index (χ0n) is 11.0. The van der Waals surface area contributed by atoms with Crippen LogP contribution in [0.25, 0.3) is 0 Å². The molecule has 2 N–H and O–H groups in total. The van der Waals surface area contributed by atoms with Crippen LogP contribution in [0.5, 0.6) is 11.5 Å². The summed E-state index contributed by atoms with van der Waals surface area (Å²) in [6, 6.07) is 4.27. The lowest BCUT2D eigenvalue weighted by molar-refractivity contribution is 0.169. The molecule has 0 bridgehead atoms. The zero-order valence-corrected chi connectivity index (χ0v) is 11.0. The minimum atomic E-state index is -0.168. The Morgan fingerprint density at radius 3 is 2.56 bits per heavy atom. The van der Waals surface area contributed by atoms with Crippen LogP contribution in [0.2, 0.25) is 0 Å². The molecule has 2 aliphatic rings. The van der Waals surface area contributed by atoms with Gasteiger partial charge >= 0.3 is 0 Å². The lowest BCUT2D eigenvalue weighted by atomic mass is 9.77. The number of hydrogen-bond donors (Lipinski definition) is 1. The van der Waals surface area contributed by atoms with Crippen LogP contribution in [0.15, 0.2) is 12.1 Å². The number of benzene rings is 1. The summed E-state index contributed by atoms with van der Waals surface area (Å²) in [5.74, 6) is 1.76. The van der Waals surface area contributed by atoms with Gasteiger partial charge in [-0.05, 0) is 37.0 Å². The fourth-order valence-electron chi connectivity index (χ4n) is 3.09. The molecule has 0 saturated heterocycles. The summed E-state index contributed by atoms with van der Waals surface area (Å²) < 4.78 is 11.4. The van der Waals surface area contributed by atoms with Gasteiger partial charge in [-0.25, -0.2) is 0 Å². The van der Waals surface area contributed by atoms with Crippen LogP contribution in [0.1, 0.15) is 43.2 Å². The molecular formula is C15H21NO2. The van der Waals surface area contributed by atoms with E-state index in [4.69, 9.17) is 15.2 Å². The number of nitrogens with two attached hydrogens (primary N) is 1. The van der Waals surface area contributed by atoms with E-state index in [9.17, 15) is 0 Å². The second-order valence-electron chi connectivity index (χ2n) is 5.53. The van der Waals surface area contributed by atoms with E-state index in [1.54, 1.807) is 0 Å². The smallest absolute Gasteiger partial charge is 0.164 e. The van der Waals surface area contributed by atoms with Gasteiger partial charge in [0.25, 0.3) is 0 Å². The highest BCUT2D eigenvalue weighted by Gasteiger charge is 2.31. The van der Waals surface area contributed by atoms with Crippen molar-refractivity contribution in [1.29, 1.82) is 0 Å². The van der Waals surface area contributed by atoms with Crippen LogP contribution < -0.4 is 15.2 Å². The molecule has 1 saturated carbocycles. The molecule has 0 radical (unpaired) electrons. The molecule has 0 spiro atoms. The van der Waals surface area contributed by atoms with E-state index in [-0.39, 0.29) is 5.54 Å². The molecule has 1 aromatic carbocycles. The van der Waals surface area contributed by atoms with E-state index in [1.165, 1.54) is 24.8 Å². The minimum absolute atomic E-state index is 0.168. The summed E-state index contributed by atoms with van der Waals surface area (Å²) in [5.41, 5.74) is 8.77. The van der Waals surface area contributed by atoms with Gasteiger partial charge in [-0.3, -0.25) is 0 Å². The topological polar surface area (TPSA) is 44.5 Å². The maximum Gasteiger partial charge on any atom is 0.164 e. The van der Waals surface area contributed by atoms with Gasteiger partial charge in [-0.15, -0.1) is 0 Å². The average Bonchev–Trinajstić information content (AvgIpc) is 2.39. The van der Waals surface area contributed by atoms with Crippen LogP contribution in [0.3, 0.4) is 0 Å². The van der Waals surface area contributed by atoms with Crippen molar-refractivity contribution in [3.8, 4) is 11.5 Å². The van der Waals surface area contributed by atoms with E-state index in [2.05, 4.69) is 19.1 Å². The summed E-state index contributed by atoms with van der Waals surface area (Å²) in [4.78, 5) is 0. The van der Waals surface area contributed by atoms with Gasteiger partial charge in [0.1, 0.15) is 13.2 Å². The van der Waals surface area contributed by atoms with Crippen LogP contribution in [0.4, 0.5) is 0 Å². The van der Waals surface area contributed by atoms with E-state index in [0.29, 0.717) is 13.2 Å². The minimum Gasteiger partial charge on any atom is -0.486 e. The van der Waals surface area contributed by atoms with Gasteiger partial charge in [0.2, 0.25) is 0 Å². The van der Waals surface area contributed by atoms with Crippen molar-refractivity contribution >= 4 is 0 Å². The van der Waals surface area contributed by atoms with Gasteiger partial charge in [-0.1, -0.05) is 25.3 Å². The number of ether oxygens (including phenoxy) is 2. The monoisotopic (exact) mass is 247 g/mol. The third kappa shape index (κ3) is 1.97. The molecule has 1 aliphatic heterocycles. The Morgan fingerprint density at radius 2 is 1.78 bits per heavy atom. The molecule has 3 heteroatoms. The molecule has 1 fully saturated rings. The highest BCUT2D eigenvalue weighted by molar-refractivity contribution is 5.51. The molecule has 0 unspecified atom stereocenters. The molecule has 18 heavy (non-hydrogen) atoms. The third-order valence-corrected chi connectivity index (χ3v) is 4.15. The van der Waals surface area contributed by atoms with Crippen LogP contribution >= 0.6 is 0 Å². The van der Waals surface area contributed by atoms with Crippen LogP contribution in [-0.4, -0.2) is 13.2 Å². The molecule has 3 nitrogen and oxygen atoms in total. The Morgan fingerprint density at radius 1 is 1.06 bits per heavy atom. The lowest BCUT2D eigenvalue weighted by Gasteiger charge is -2.35. The highest BCUT2D eigenvalue weighted by Crippen LogP contribution is 2.41. The Bertz CT molecular complexity index is 450. The number of hydrogen-bond acceptors (Lipinski definition) is 3. The Hall–Kier alpha value is -1.22. The van der Waals surface area contributed by atoms with Crippen molar-refractivity contribution in [3.63, 3.8) is 0 Å². The van der Waals surface area contributed by atoms with Gasteiger partial charge in [0.15, 0.2) is 11.5 Å². The van der Waals surface area contributed by atoms with Crippen molar-refractivity contribution in [1.82, 2.24) is 0 Å². The molecule has 3 rings (SSSR count). The first-order valence-corrected chi connectivity index (χ1v) is 6.89. The van der Waals surface area contributed by atoms with E-state index >= 15 is 0 Å². The summed E-state index contributed by atoms with van der Waals surface area (Å²) >= 11 is 0. The largest absolute Gasteiger partial charge is 0.486 e. The first-order chi connectivity index (χ1) is 8.69. The molecule has 0 aromatic heterocycles. The second-order valence-corrected chi connectivity index (χ2v) is 5.53. The van der Waals surface area contributed by atoms with Crippen molar-refractivity contribution in [2.45, 2.75) is 44.6 Å². The quantitative estimate of drug-likeness (QED) is 0.830. The third-order valence-electron chi connectivity index (χ3n) is 4.15. The molecule has 0 atom stereocenters. The molecular weight excluding hydrogens is 226 g/mol.